The molecule has 13 nitrogen and oxygen atoms in total. The highest BCUT2D eigenvalue weighted by Gasteiger charge is 2.34. The van der Waals surface area contributed by atoms with Gasteiger partial charge in [0.1, 0.15) is 17.1 Å². The second kappa shape index (κ2) is 21.1. The lowest BCUT2D eigenvalue weighted by atomic mass is 9.85. The number of rotatable bonds is 7. The summed E-state index contributed by atoms with van der Waals surface area (Å²) in [4.78, 5) is 41.6. The number of anilines is 3. The second-order valence-electron chi connectivity index (χ2n) is 15.8. The van der Waals surface area contributed by atoms with E-state index in [4.69, 9.17) is 18.9 Å². The smallest absolute Gasteiger partial charge is 0.422 e. The molecule has 322 valence electrons. The van der Waals surface area contributed by atoms with Crippen LogP contribution in [-0.2, 0) is 11.3 Å². The first-order chi connectivity index (χ1) is 28.2. The van der Waals surface area contributed by atoms with Gasteiger partial charge < -0.3 is 39.8 Å². The van der Waals surface area contributed by atoms with Crippen LogP contribution in [0, 0.1) is 5.92 Å². The number of carbonyl (C=O) groups excluding carboxylic acids is 2. The zero-order valence-corrected chi connectivity index (χ0v) is 34.8. The summed E-state index contributed by atoms with van der Waals surface area (Å²) in [5, 5.41) is 9.36. The molecule has 4 heterocycles. The number of nitrogens with zero attached hydrogens (tertiary/aromatic N) is 4. The number of nitrogens with one attached hydrogen (secondary N) is 3. The van der Waals surface area contributed by atoms with Crippen molar-refractivity contribution in [3.63, 3.8) is 0 Å². The Morgan fingerprint density at radius 2 is 1.64 bits per heavy atom. The fourth-order valence-corrected chi connectivity index (χ4v) is 7.02. The van der Waals surface area contributed by atoms with Crippen molar-refractivity contribution in [1.82, 2.24) is 25.2 Å². The highest BCUT2D eigenvalue weighted by Crippen LogP contribution is 2.30. The van der Waals surface area contributed by atoms with Gasteiger partial charge in [0.05, 0.1) is 24.8 Å². The molecule has 6 bridgehead atoms. The molecule has 16 heteroatoms. The first-order valence-corrected chi connectivity index (χ1v) is 20.6. The van der Waals surface area contributed by atoms with Crippen LogP contribution in [0.3, 0.4) is 0 Å². The van der Waals surface area contributed by atoms with Crippen LogP contribution < -0.4 is 30.2 Å². The van der Waals surface area contributed by atoms with Crippen molar-refractivity contribution in [3.8, 4) is 17.5 Å². The third-order valence-electron chi connectivity index (χ3n) is 9.95. The molecule has 1 fully saturated rings. The number of allylic oxidation sites excluding steroid dienone is 1. The fraction of sp³-hybridized carbons (Fsp3) is 0.558. The maximum atomic E-state index is 14.3. The maximum Gasteiger partial charge on any atom is 0.422 e. The average Bonchev–Trinajstić information content (AvgIpc) is 3.19. The Kier molecular flexibility index (Phi) is 16.0. The van der Waals surface area contributed by atoms with Gasteiger partial charge in [-0.15, -0.1) is 0 Å². The minimum Gasteiger partial charge on any atom is -0.494 e. The van der Waals surface area contributed by atoms with Crippen molar-refractivity contribution >= 4 is 29.6 Å². The third kappa shape index (κ3) is 14.5. The van der Waals surface area contributed by atoms with E-state index in [9.17, 15) is 22.8 Å². The molecule has 2 atom stereocenters. The number of amides is 2. The average molecular weight is 826 g/mol. The van der Waals surface area contributed by atoms with Gasteiger partial charge in [-0.3, -0.25) is 4.79 Å². The van der Waals surface area contributed by atoms with Crippen LogP contribution in [0.25, 0.3) is 0 Å². The van der Waals surface area contributed by atoms with Crippen LogP contribution in [0.5, 0.6) is 17.5 Å². The zero-order chi connectivity index (χ0) is 42.4. The topological polar surface area (TPSA) is 149 Å². The number of likely N-dealkylation sites (tertiary alicyclic amines) is 1. The molecule has 3 aliphatic heterocycles. The molecule has 2 unspecified atom stereocenters. The predicted molar refractivity (Wildman–Crippen MR) is 219 cm³/mol. The van der Waals surface area contributed by atoms with Crippen molar-refractivity contribution in [3.05, 3.63) is 65.2 Å². The number of halogens is 3. The van der Waals surface area contributed by atoms with E-state index >= 15 is 0 Å². The number of aromatic nitrogens is 3. The summed E-state index contributed by atoms with van der Waals surface area (Å²) in [7, 11) is 0. The number of ether oxygens (including phenoxy) is 4. The van der Waals surface area contributed by atoms with Gasteiger partial charge in [-0.05, 0) is 89.6 Å². The number of fused-ring (bicyclic) bond motifs is 12. The van der Waals surface area contributed by atoms with Crippen LogP contribution >= 0.6 is 0 Å². The number of hydrogen-bond acceptors (Lipinski definition) is 11. The Bertz CT molecular complexity index is 1870. The highest BCUT2D eigenvalue weighted by molar-refractivity contribution is 5.98. The van der Waals surface area contributed by atoms with E-state index in [-0.39, 0.29) is 42.4 Å². The molecular weight excluding hydrogens is 768 g/mol. The number of hydrogen-bond donors (Lipinski definition) is 3. The van der Waals surface area contributed by atoms with Gasteiger partial charge in [0.15, 0.2) is 6.61 Å². The summed E-state index contributed by atoms with van der Waals surface area (Å²) in [6.45, 7) is 10.1. The van der Waals surface area contributed by atoms with E-state index in [1.807, 2.05) is 65.0 Å². The Balaban J connectivity index is 1.42. The van der Waals surface area contributed by atoms with Gasteiger partial charge in [-0.1, -0.05) is 56.4 Å². The first kappa shape index (κ1) is 44.8. The summed E-state index contributed by atoms with van der Waals surface area (Å²) in [6, 6.07) is 11.6. The first-order valence-electron chi connectivity index (χ1n) is 20.6. The molecule has 3 N–H and O–H groups in total. The van der Waals surface area contributed by atoms with Crippen molar-refractivity contribution in [2.45, 2.75) is 117 Å². The van der Waals surface area contributed by atoms with Crippen LogP contribution in [-0.4, -0.2) is 82.6 Å². The van der Waals surface area contributed by atoms with Crippen LogP contribution in [0.2, 0.25) is 0 Å². The van der Waals surface area contributed by atoms with E-state index in [2.05, 4.69) is 30.9 Å². The number of carbonyl (C=O) groups is 2. The van der Waals surface area contributed by atoms with E-state index in [0.29, 0.717) is 49.7 Å². The molecule has 3 aliphatic rings. The van der Waals surface area contributed by atoms with E-state index in [1.165, 1.54) is 0 Å². The molecule has 2 amide bonds. The standard InChI is InChI=1S/C43H58F3N7O6/c1-6-30(7-2)36(31-15-14-22-53(27-31)41(55)59-42(3,4)5)49-37(54)34-21-18-32-25-35(34)57-24-13-11-9-8-10-12-23-56-33-19-16-29(17-20-33)26-47-38-50-39(48-32)52-40(51-38)58-28-43(44,45)46/h6,16-21,25,31,36H,7-15,22-24,26-28H2,1-5H3,(H,49,54)(H2,47,48,50,51,52)/b30-6-. The molecule has 3 aromatic rings. The SMILES string of the molecule is C/C=C(/CC)C(NC(=O)c1ccc2cc1OCCCCCCCCOc1ccc(cc1)CNc1nc(nc(OCC(F)(F)F)n1)N2)C1CCCN(C(=O)OC(C)(C)C)C1. The number of piperidine rings is 1. The van der Waals surface area contributed by atoms with Gasteiger partial charge in [-0.25, -0.2) is 4.79 Å². The minimum atomic E-state index is -4.61. The molecule has 0 spiro atoms. The van der Waals surface area contributed by atoms with E-state index in [0.717, 1.165) is 68.3 Å². The molecule has 6 rings (SSSR count). The Morgan fingerprint density at radius 3 is 2.32 bits per heavy atom. The largest absolute Gasteiger partial charge is 0.494 e. The van der Waals surface area contributed by atoms with Gasteiger partial charge in [0.2, 0.25) is 11.9 Å². The highest BCUT2D eigenvalue weighted by atomic mass is 19.4. The second-order valence-corrected chi connectivity index (χ2v) is 15.8. The third-order valence-corrected chi connectivity index (χ3v) is 9.95. The molecule has 59 heavy (non-hydrogen) atoms. The van der Waals surface area contributed by atoms with Gasteiger partial charge in [-0.2, -0.15) is 28.1 Å². The summed E-state index contributed by atoms with van der Waals surface area (Å²) in [6.07, 6.45) is 5.03. The summed E-state index contributed by atoms with van der Waals surface area (Å²) in [5.74, 6) is 0.555. The lowest BCUT2D eigenvalue weighted by Crippen LogP contribution is -2.50. The monoisotopic (exact) mass is 825 g/mol. The predicted octanol–water partition coefficient (Wildman–Crippen LogP) is 9.38. The van der Waals surface area contributed by atoms with Crippen LogP contribution in [0.1, 0.15) is 108 Å². The summed E-state index contributed by atoms with van der Waals surface area (Å²) >= 11 is 0. The van der Waals surface area contributed by atoms with Gasteiger partial charge in [0, 0.05) is 37.3 Å². The van der Waals surface area contributed by atoms with Gasteiger partial charge >= 0.3 is 18.3 Å². The molecule has 1 aromatic heterocycles. The van der Waals surface area contributed by atoms with Crippen LogP contribution in [0.15, 0.2) is 54.1 Å². The molecule has 0 aliphatic carbocycles. The lowest BCUT2D eigenvalue weighted by Gasteiger charge is -2.38. The van der Waals surface area contributed by atoms with Crippen LogP contribution in [0.4, 0.5) is 35.5 Å². The van der Waals surface area contributed by atoms with Crippen molar-refractivity contribution in [2.75, 3.05) is 43.5 Å². The molecule has 2 aromatic carbocycles. The van der Waals surface area contributed by atoms with Gasteiger partial charge in [0.25, 0.3) is 5.91 Å². The van der Waals surface area contributed by atoms with Crippen molar-refractivity contribution in [2.24, 2.45) is 5.92 Å². The number of benzene rings is 2. The van der Waals surface area contributed by atoms with E-state index < -0.39 is 24.4 Å². The van der Waals surface area contributed by atoms with Crippen molar-refractivity contribution in [1.29, 1.82) is 0 Å². The quantitative estimate of drug-likeness (QED) is 0.196. The fourth-order valence-electron chi connectivity index (χ4n) is 7.02. The normalized spacial score (nSPS) is 17.9. The molecular formula is C43H58F3N7O6. The summed E-state index contributed by atoms with van der Waals surface area (Å²) < 4.78 is 62.2. The number of alkyl halides is 3. The zero-order valence-electron chi connectivity index (χ0n) is 34.8. The minimum absolute atomic E-state index is 0.0134. The Morgan fingerprint density at radius 1 is 0.949 bits per heavy atom. The summed E-state index contributed by atoms with van der Waals surface area (Å²) in [5.41, 5.74) is 2.00. The lowest BCUT2D eigenvalue weighted by molar-refractivity contribution is -0.154. The van der Waals surface area contributed by atoms with E-state index in [1.54, 1.807) is 23.1 Å². The molecule has 1 saturated heterocycles. The molecule has 0 saturated carbocycles. The van der Waals surface area contributed by atoms with Crippen molar-refractivity contribution < 1.29 is 41.7 Å². The Hall–Kier alpha value is -5.28. The Labute approximate surface area is 344 Å². The molecule has 0 radical (unpaired) electrons. The maximum absolute atomic E-state index is 14.3.